The molecule has 0 aliphatic heterocycles. The van der Waals surface area contributed by atoms with Crippen molar-refractivity contribution < 1.29 is 17.6 Å². The Bertz CT molecular complexity index is 1650. The van der Waals surface area contributed by atoms with Crippen molar-refractivity contribution in [3.05, 3.63) is 108 Å². The van der Waals surface area contributed by atoms with E-state index in [1.54, 1.807) is 60.6 Å². The van der Waals surface area contributed by atoms with Gasteiger partial charge in [0.05, 0.1) is 33.6 Å². The standard InChI is InChI=1S/C29H27N3O4S2/c1-3-21-10-8-14-26-27(21)30-29(37-26)31(20-24-13-9-19-36-24)28(33)22-15-17-25(18-16-22)38(34,35)32(4-2)23-11-6-5-7-12-23/h5-19H,3-4,20H2,1-2H3. The molecule has 0 saturated heterocycles. The number of carbonyl (C=O) groups excluding carboxylic acids is 1. The van der Waals surface area contributed by atoms with Crippen LogP contribution in [0.5, 0.6) is 0 Å². The first-order valence-electron chi connectivity index (χ1n) is 12.3. The monoisotopic (exact) mass is 545 g/mol. The molecule has 0 aliphatic carbocycles. The zero-order valence-corrected chi connectivity index (χ0v) is 22.7. The van der Waals surface area contributed by atoms with Gasteiger partial charge in [-0.05, 0) is 73.5 Å². The van der Waals surface area contributed by atoms with E-state index >= 15 is 0 Å². The topological polar surface area (TPSA) is 83.7 Å². The molecule has 0 spiro atoms. The lowest BCUT2D eigenvalue weighted by Gasteiger charge is -2.23. The second-order valence-electron chi connectivity index (χ2n) is 8.61. The number of fused-ring (bicyclic) bond motifs is 1. The maximum Gasteiger partial charge on any atom is 0.264 e. The van der Waals surface area contributed by atoms with Crippen LogP contribution in [0.25, 0.3) is 10.2 Å². The van der Waals surface area contributed by atoms with Crippen LogP contribution in [0.1, 0.15) is 35.5 Å². The van der Waals surface area contributed by atoms with Crippen LogP contribution in [-0.2, 0) is 23.0 Å². The summed E-state index contributed by atoms with van der Waals surface area (Å²) >= 11 is 1.44. The van der Waals surface area contributed by atoms with Crippen molar-refractivity contribution in [3.63, 3.8) is 0 Å². The number of thiazole rings is 1. The summed E-state index contributed by atoms with van der Waals surface area (Å²) in [5.74, 6) is 0.326. The van der Waals surface area contributed by atoms with Crippen LogP contribution in [0.4, 0.5) is 10.8 Å². The highest BCUT2D eigenvalue weighted by Gasteiger charge is 2.26. The molecule has 5 aromatic rings. The number of sulfonamides is 1. The highest BCUT2D eigenvalue weighted by molar-refractivity contribution is 7.92. The van der Waals surface area contributed by atoms with E-state index < -0.39 is 10.0 Å². The van der Waals surface area contributed by atoms with Crippen molar-refractivity contribution in [3.8, 4) is 0 Å². The molecule has 0 unspecified atom stereocenters. The number of hydrogen-bond acceptors (Lipinski definition) is 6. The minimum Gasteiger partial charge on any atom is -0.467 e. The Morgan fingerprint density at radius 2 is 1.68 bits per heavy atom. The van der Waals surface area contributed by atoms with Crippen molar-refractivity contribution in [2.75, 3.05) is 15.7 Å². The van der Waals surface area contributed by atoms with E-state index in [1.807, 2.05) is 30.3 Å². The first-order valence-corrected chi connectivity index (χ1v) is 14.6. The maximum absolute atomic E-state index is 13.8. The lowest BCUT2D eigenvalue weighted by atomic mass is 10.1. The Morgan fingerprint density at radius 3 is 2.34 bits per heavy atom. The molecule has 0 saturated carbocycles. The van der Waals surface area contributed by atoms with E-state index in [0.717, 1.165) is 22.2 Å². The molecule has 2 aromatic heterocycles. The molecule has 1 amide bonds. The van der Waals surface area contributed by atoms with Gasteiger partial charge in [0.1, 0.15) is 5.76 Å². The summed E-state index contributed by atoms with van der Waals surface area (Å²) in [6.45, 7) is 4.34. The smallest absolute Gasteiger partial charge is 0.264 e. The van der Waals surface area contributed by atoms with Crippen LogP contribution in [0.15, 0.2) is 101 Å². The summed E-state index contributed by atoms with van der Waals surface area (Å²) in [6.07, 6.45) is 2.40. The third-order valence-corrected chi connectivity index (χ3v) is 9.22. The number of para-hydroxylation sites is 2. The summed E-state index contributed by atoms with van der Waals surface area (Å²) in [6, 6.07) is 24.6. The van der Waals surface area contributed by atoms with Gasteiger partial charge in [0, 0.05) is 12.1 Å². The Balaban J connectivity index is 1.48. The molecule has 0 aliphatic rings. The SMILES string of the molecule is CCc1cccc2sc(N(Cc3ccco3)C(=O)c3ccc(S(=O)(=O)N(CC)c4ccccc4)cc3)nc12. The molecule has 5 rings (SSSR count). The second-order valence-corrected chi connectivity index (χ2v) is 11.5. The molecule has 194 valence electrons. The summed E-state index contributed by atoms with van der Waals surface area (Å²) < 4.78 is 34.6. The first-order chi connectivity index (χ1) is 18.4. The van der Waals surface area contributed by atoms with Crippen LogP contribution in [-0.4, -0.2) is 25.9 Å². The fraction of sp³-hybridized carbons (Fsp3) is 0.172. The molecule has 3 aromatic carbocycles. The van der Waals surface area contributed by atoms with Gasteiger partial charge in [-0.2, -0.15) is 0 Å². The number of carbonyl (C=O) groups is 1. The fourth-order valence-corrected chi connectivity index (χ4v) is 6.80. The highest BCUT2D eigenvalue weighted by atomic mass is 32.2. The van der Waals surface area contributed by atoms with Crippen molar-refractivity contribution >= 4 is 48.3 Å². The van der Waals surface area contributed by atoms with Crippen molar-refractivity contribution in [2.45, 2.75) is 31.7 Å². The Kier molecular flexibility index (Phi) is 7.31. The molecule has 0 bridgehead atoms. The van der Waals surface area contributed by atoms with Crippen LogP contribution in [0.3, 0.4) is 0 Å². The Hall–Kier alpha value is -3.95. The van der Waals surface area contributed by atoms with E-state index in [1.165, 1.54) is 27.8 Å². The van der Waals surface area contributed by atoms with Gasteiger partial charge in [-0.1, -0.05) is 48.6 Å². The van der Waals surface area contributed by atoms with Crippen molar-refractivity contribution in [1.29, 1.82) is 0 Å². The Morgan fingerprint density at radius 1 is 0.921 bits per heavy atom. The molecule has 7 nitrogen and oxygen atoms in total. The van der Waals surface area contributed by atoms with Gasteiger partial charge in [-0.15, -0.1) is 0 Å². The number of anilines is 2. The lowest BCUT2D eigenvalue weighted by Crippen LogP contribution is -2.31. The van der Waals surface area contributed by atoms with Crippen LogP contribution < -0.4 is 9.21 Å². The van der Waals surface area contributed by atoms with Gasteiger partial charge in [0.15, 0.2) is 5.13 Å². The number of aryl methyl sites for hydroxylation is 1. The van der Waals surface area contributed by atoms with Crippen LogP contribution >= 0.6 is 11.3 Å². The molecule has 2 heterocycles. The summed E-state index contributed by atoms with van der Waals surface area (Å²) in [5, 5.41) is 0.556. The summed E-state index contributed by atoms with van der Waals surface area (Å²) in [7, 11) is -3.80. The Labute approximate surface area is 226 Å². The summed E-state index contributed by atoms with van der Waals surface area (Å²) in [5.41, 5.74) is 2.94. The number of benzene rings is 3. The first kappa shape index (κ1) is 25.7. The molecule has 9 heteroatoms. The van der Waals surface area contributed by atoms with Gasteiger partial charge < -0.3 is 4.42 Å². The van der Waals surface area contributed by atoms with E-state index in [9.17, 15) is 13.2 Å². The fourth-order valence-electron chi connectivity index (χ4n) is 4.32. The van der Waals surface area contributed by atoms with Crippen LogP contribution in [0, 0.1) is 0 Å². The number of rotatable bonds is 9. The minimum absolute atomic E-state index is 0.116. The third kappa shape index (κ3) is 4.94. The van der Waals surface area contributed by atoms with Gasteiger partial charge in [0.2, 0.25) is 0 Å². The van der Waals surface area contributed by atoms with Gasteiger partial charge in [-0.25, -0.2) is 13.4 Å². The maximum atomic E-state index is 13.8. The molecule has 0 fully saturated rings. The molecule has 0 radical (unpaired) electrons. The van der Waals surface area contributed by atoms with Crippen LogP contribution in [0.2, 0.25) is 0 Å². The predicted molar refractivity (Wildman–Crippen MR) is 151 cm³/mol. The van der Waals surface area contributed by atoms with Gasteiger partial charge in [0.25, 0.3) is 15.9 Å². The van der Waals surface area contributed by atoms with E-state index in [2.05, 4.69) is 6.92 Å². The zero-order valence-electron chi connectivity index (χ0n) is 21.1. The molecular formula is C29H27N3O4S2. The number of aromatic nitrogens is 1. The number of hydrogen-bond donors (Lipinski definition) is 0. The largest absolute Gasteiger partial charge is 0.467 e. The molecule has 38 heavy (non-hydrogen) atoms. The summed E-state index contributed by atoms with van der Waals surface area (Å²) in [4.78, 5) is 20.3. The van der Waals surface area contributed by atoms with E-state index in [0.29, 0.717) is 22.1 Å². The normalized spacial score (nSPS) is 11.5. The third-order valence-electron chi connectivity index (χ3n) is 6.26. The van der Waals surface area contributed by atoms with Crippen molar-refractivity contribution in [2.24, 2.45) is 0 Å². The average molecular weight is 546 g/mol. The predicted octanol–water partition coefficient (Wildman–Crippen LogP) is 6.51. The number of furan rings is 1. The lowest BCUT2D eigenvalue weighted by molar-refractivity contribution is 0.0983. The zero-order chi connectivity index (χ0) is 26.7. The highest BCUT2D eigenvalue weighted by Crippen LogP contribution is 2.33. The van der Waals surface area contributed by atoms with Gasteiger partial charge in [-0.3, -0.25) is 14.0 Å². The van der Waals surface area contributed by atoms with E-state index in [-0.39, 0.29) is 23.9 Å². The molecule has 0 N–H and O–H groups in total. The molecular weight excluding hydrogens is 518 g/mol. The number of amides is 1. The second kappa shape index (κ2) is 10.8. The number of nitrogens with zero attached hydrogens (tertiary/aromatic N) is 3. The van der Waals surface area contributed by atoms with E-state index in [4.69, 9.17) is 9.40 Å². The average Bonchev–Trinajstić information content (AvgIpc) is 3.62. The van der Waals surface area contributed by atoms with Gasteiger partial charge >= 0.3 is 0 Å². The molecule has 0 atom stereocenters. The minimum atomic E-state index is -3.80. The van der Waals surface area contributed by atoms with Crippen molar-refractivity contribution in [1.82, 2.24) is 4.98 Å². The quantitative estimate of drug-likeness (QED) is 0.211.